The highest BCUT2D eigenvalue weighted by Crippen LogP contribution is 2.22. The standard InChI is InChI=1S/C38H66.C10H10O3/c1-10-11-12-13-14-15-29-38(33(4)5)31-30-37(9)28-20-26-35(7)23-17-16-22-34(6)25-19-27-36(8)24-18-21-32(2)3;1-13-9-5-2-8(3-6-9)4-7-10(11)12/h21-23,27-28H,10-20,24-26,29-31H2,1-9H3;2-7H,1H3,(H,11,12)/b34-22+,35-23+,36-27+,37-28+;. The van der Waals surface area contributed by atoms with Crippen molar-refractivity contribution in [3.8, 4) is 5.75 Å². The van der Waals surface area contributed by atoms with Crippen molar-refractivity contribution in [2.75, 3.05) is 7.11 Å². The number of hydrogen-bond acceptors (Lipinski definition) is 2. The van der Waals surface area contributed by atoms with E-state index in [1.165, 1.54) is 132 Å². The van der Waals surface area contributed by atoms with E-state index in [-0.39, 0.29) is 0 Å². The first kappa shape index (κ1) is 47.7. The van der Waals surface area contributed by atoms with Crippen LogP contribution in [0.4, 0.5) is 0 Å². The average molecular weight is 701 g/mol. The molecule has 0 atom stereocenters. The summed E-state index contributed by atoms with van der Waals surface area (Å²) in [5, 5.41) is 8.36. The maximum atomic E-state index is 10.2. The van der Waals surface area contributed by atoms with Gasteiger partial charge in [0.05, 0.1) is 7.11 Å². The van der Waals surface area contributed by atoms with Crippen LogP contribution in [-0.2, 0) is 4.79 Å². The first-order valence-corrected chi connectivity index (χ1v) is 19.8. The predicted octanol–water partition coefficient (Wildman–Crippen LogP) is 15.5. The third-order valence-corrected chi connectivity index (χ3v) is 9.20. The van der Waals surface area contributed by atoms with Crippen molar-refractivity contribution in [3.63, 3.8) is 0 Å². The second kappa shape index (κ2) is 31.4. The van der Waals surface area contributed by atoms with Gasteiger partial charge in [-0.15, -0.1) is 0 Å². The molecule has 0 heterocycles. The van der Waals surface area contributed by atoms with Gasteiger partial charge < -0.3 is 9.84 Å². The van der Waals surface area contributed by atoms with Gasteiger partial charge in [0.1, 0.15) is 5.75 Å². The lowest BCUT2D eigenvalue weighted by molar-refractivity contribution is -0.131. The van der Waals surface area contributed by atoms with E-state index in [0.29, 0.717) is 0 Å². The number of rotatable bonds is 25. The van der Waals surface area contributed by atoms with Gasteiger partial charge in [0.25, 0.3) is 0 Å². The Bertz CT molecular complexity index is 1290. The number of hydrogen-bond donors (Lipinski definition) is 1. The fraction of sp³-hybridized carbons (Fsp3) is 0.562. The number of unbranched alkanes of at least 4 members (excludes halogenated alkanes) is 6. The molecule has 1 rings (SSSR count). The molecular formula is C48H76O3. The van der Waals surface area contributed by atoms with Gasteiger partial charge in [0.2, 0.25) is 0 Å². The fourth-order valence-corrected chi connectivity index (χ4v) is 5.72. The Kier molecular flexibility index (Phi) is 29.4. The number of benzene rings is 1. The summed E-state index contributed by atoms with van der Waals surface area (Å²) in [6.45, 7) is 20.5. The predicted molar refractivity (Wildman–Crippen MR) is 227 cm³/mol. The summed E-state index contributed by atoms with van der Waals surface area (Å²) in [5.41, 5.74) is 11.7. The van der Waals surface area contributed by atoms with Crippen molar-refractivity contribution in [2.24, 2.45) is 0 Å². The number of carboxylic acid groups (broad SMARTS) is 1. The number of methoxy groups -OCH3 is 1. The van der Waals surface area contributed by atoms with Crippen LogP contribution in [0.25, 0.3) is 6.08 Å². The summed E-state index contributed by atoms with van der Waals surface area (Å²) in [7, 11) is 1.59. The van der Waals surface area contributed by atoms with Crippen LogP contribution in [-0.4, -0.2) is 18.2 Å². The molecule has 3 nitrogen and oxygen atoms in total. The average Bonchev–Trinajstić information content (AvgIpc) is 3.08. The van der Waals surface area contributed by atoms with Gasteiger partial charge in [-0.05, 0) is 156 Å². The zero-order chi connectivity index (χ0) is 38.3. The van der Waals surface area contributed by atoms with Gasteiger partial charge >= 0.3 is 5.97 Å². The van der Waals surface area contributed by atoms with E-state index in [2.05, 4.69) is 92.7 Å². The Labute approximate surface area is 315 Å². The highest BCUT2D eigenvalue weighted by molar-refractivity contribution is 5.85. The molecule has 0 radical (unpaired) electrons. The molecule has 3 heteroatoms. The van der Waals surface area contributed by atoms with Crippen LogP contribution in [0.1, 0.15) is 177 Å². The summed E-state index contributed by atoms with van der Waals surface area (Å²) in [5.74, 6) is -0.191. The third kappa shape index (κ3) is 30.0. The minimum Gasteiger partial charge on any atom is -0.497 e. The van der Waals surface area contributed by atoms with E-state index in [4.69, 9.17) is 9.84 Å². The Balaban J connectivity index is 0.00000159. The number of aliphatic carboxylic acids is 1. The van der Waals surface area contributed by atoms with Gasteiger partial charge in [-0.2, -0.15) is 0 Å². The van der Waals surface area contributed by atoms with Gasteiger partial charge in [0.15, 0.2) is 0 Å². The monoisotopic (exact) mass is 701 g/mol. The highest BCUT2D eigenvalue weighted by atomic mass is 16.5. The fourth-order valence-electron chi connectivity index (χ4n) is 5.72. The molecule has 1 aromatic carbocycles. The molecule has 0 aliphatic rings. The van der Waals surface area contributed by atoms with E-state index in [0.717, 1.165) is 17.4 Å². The number of carbonyl (C=O) groups is 1. The minimum atomic E-state index is -0.948. The molecule has 1 N–H and O–H groups in total. The Morgan fingerprint density at radius 2 is 1.06 bits per heavy atom. The number of ether oxygens (including phenoxy) is 1. The van der Waals surface area contributed by atoms with Gasteiger partial charge in [-0.1, -0.05) is 121 Å². The summed E-state index contributed by atoms with van der Waals surface area (Å²) < 4.78 is 4.95. The Morgan fingerprint density at radius 3 is 1.53 bits per heavy atom. The second-order valence-electron chi connectivity index (χ2n) is 14.7. The molecule has 0 fully saturated rings. The van der Waals surface area contributed by atoms with E-state index < -0.39 is 5.97 Å². The lowest BCUT2D eigenvalue weighted by Crippen LogP contribution is -1.91. The van der Waals surface area contributed by atoms with Crippen molar-refractivity contribution in [2.45, 2.75) is 171 Å². The van der Waals surface area contributed by atoms with E-state index in [1.54, 1.807) is 53.7 Å². The molecule has 0 saturated carbocycles. The lowest BCUT2D eigenvalue weighted by Gasteiger charge is -2.11. The molecule has 0 unspecified atom stereocenters. The minimum absolute atomic E-state index is 0.757. The van der Waals surface area contributed by atoms with Crippen LogP contribution in [0.15, 0.2) is 99.7 Å². The largest absolute Gasteiger partial charge is 0.497 e. The second-order valence-corrected chi connectivity index (χ2v) is 14.7. The Morgan fingerprint density at radius 1 is 0.588 bits per heavy atom. The highest BCUT2D eigenvalue weighted by Gasteiger charge is 2.02. The number of allylic oxidation sites excluding steroid dienone is 12. The number of carboxylic acids is 1. The first-order chi connectivity index (χ1) is 24.4. The third-order valence-electron chi connectivity index (χ3n) is 9.20. The molecule has 51 heavy (non-hydrogen) atoms. The van der Waals surface area contributed by atoms with Crippen LogP contribution >= 0.6 is 0 Å². The Hall–Kier alpha value is -3.33. The van der Waals surface area contributed by atoms with Crippen LogP contribution < -0.4 is 4.74 Å². The van der Waals surface area contributed by atoms with Crippen LogP contribution in [0.3, 0.4) is 0 Å². The van der Waals surface area contributed by atoms with Gasteiger partial charge in [-0.25, -0.2) is 4.79 Å². The zero-order valence-corrected chi connectivity index (χ0v) is 34.6. The van der Waals surface area contributed by atoms with E-state index in [1.807, 2.05) is 0 Å². The quantitative estimate of drug-likeness (QED) is 0.0627. The lowest BCUT2D eigenvalue weighted by atomic mass is 9.95. The maximum Gasteiger partial charge on any atom is 0.328 e. The van der Waals surface area contributed by atoms with Crippen molar-refractivity contribution >= 4 is 12.0 Å². The van der Waals surface area contributed by atoms with Crippen molar-refractivity contribution < 1.29 is 14.6 Å². The molecular weight excluding hydrogens is 625 g/mol. The van der Waals surface area contributed by atoms with E-state index in [9.17, 15) is 4.79 Å². The SMILES string of the molecule is CCCCCCCCC(CC/C(C)=C/CC/C(C)=C/CC/C=C(\C)CC/C=C(\C)CCC=C(C)C)=C(C)C.COc1ccc(C=CC(=O)O)cc1. The zero-order valence-electron chi connectivity index (χ0n) is 34.6. The molecule has 0 saturated heterocycles. The summed E-state index contributed by atoms with van der Waals surface area (Å²) in [6, 6.07) is 7.14. The smallest absolute Gasteiger partial charge is 0.328 e. The summed E-state index contributed by atoms with van der Waals surface area (Å²) >= 11 is 0. The van der Waals surface area contributed by atoms with Gasteiger partial charge in [-0.3, -0.25) is 0 Å². The topological polar surface area (TPSA) is 46.5 Å². The van der Waals surface area contributed by atoms with Crippen molar-refractivity contribution in [1.82, 2.24) is 0 Å². The molecule has 0 spiro atoms. The molecule has 0 aromatic heterocycles. The van der Waals surface area contributed by atoms with Gasteiger partial charge in [0, 0.05) is 6.08 Å². The molecule has 0 aliphatic heterocycles. The van der Waals surface area contributed by atoms with Crippen molar-refractivity contribution in [3.05, 3.63) is 105 Å². The van der Waals surface area contributed by atoms with E-state index >= 15 is 0 Å². The summed E-state index contributed by atoms with van der Waals surface area (Å²) in [4.78, 5) is 10.2. The van der Waals surface area contributed by atoms with Crippen LogP contribution in [0.2, 0.25) is 0 Å². The molecule has 1 aromatic rings. The molecule has 0 aliphatic carbocycles. The molecule has 0 bridgehead atoms. The van der Waals surface area contributed by atoms with Crippen LogP contribution in [0.5, 0.6) is 5.75 Å². The summed E-state index contributed by atoms with van der Waals surface area (Å²) in [6.07, 6.45) is 36.4. The maximum absolute atomic E-state index is 10.2. The first-order valence-electron chi connectivity index (χ1n) is 19.8. The normalized spacial score (nSPS) is 12.4. The molecule has 0 amide bonds. The molecule has 286 valence electrons. The van der Waals surface area contributed by atoms with Crippen molar-refractivity contribution in [1.29, 1.82) is 0 Å². The van der Waals surface area contributed by atoms with Crippen LogP contribution in [0, 0.1) is 0 Å².